The Balaban J connectivity index is 2.02. The molecule has 1 aromatic heterocycles. The first-order valence-electron chi connectivity index (χ1n) is 12.6. The smallest absolute Gasteiger partial charge is 0.424 e. The molecule has 2 atom stereocenters. The van der Waals surface area contributed by atoms with E-state index in [1.165, 1.54) is 62.6 Å². The Morgan fingerprint density at radius 2 is 1.79 bits per heavy atom. The van der Waals surface area contributed by atoms with Gasteiger partial charge >= 0.3 is 6.18 Å². The number of hydrogen-bond acceptors (Lipinski definition) is 8. The van der Waals surface area contributed by atoms with Gasteiger partial charge in [-0.25, -0.2) is 9.82 Å². The van der Waals surface area contributed by atoms with E-state index in [9.17, 15) is 28.2 Å². The lowest BCUT2D eigenvalue weighted by Crippen LogP contribution is -2.51. The Morgan fingerprint density at radius 1 is 1.12 bits per heavy atom. The molecule has 9 nitrogen and oxygen atoms in total. The molecule has 224 valence electrons. The van der Waals surface area contributed by atoms with Crippen molar-refractivity contribution in [2.24, 2.45) is 0 Å². The number of benzene rings is 2. The number of hydrogen-bond donors (Lipinski definition) is 4. The zero-order chi connectivity index (χ0) is 31.3. The number of alkyl halides is 3. The molecule has 0 aliphatic rings. The summed E-state index contributed by atoms with van der Waals surface area (Å²) < 4.78 is 54.2. The van der Waals surface area contributed by atoms with E-state index in [0.717, 1.165) is 6.07 Å². The van der Waals surface area contributed by atoms with Crippen LogP contribution in [0.3, 0.4) is 0 Å². The third-order valence-corrected chi connectivity index (χ3v) is 6.87. The van der Waals surface area contributed by atoms with Gasteiger partial charge in [-0.15, -0.1) is 0 Å². The van der Waals surface area contributed by atoms with Crippen LogP contribution in [0.2, 0.25) is 0 Å². The van der Waals surface area contributed by atoms with E-state index in [-0.39, 0.29) is 34.9 Å². The Kier molecular flexibility index (Phi) is 10.1. The molecule has 0 radical (unpaired) electrons. The first-order chi connectivity index (χ1) is 19.6. The molecule has 4 N–H and O–H groups in total. The van der Waals surface area contributed by atoms with Gasteiger partial charge in [0.05, 0.1) is 48.3 Å². The van der Waals surface area contributed by atoms with Gasteiger partial charge in [-0.1, -0.05) is 12.1 Å². The minimum absolute atomic E-state index is 0.0485. The number of aliphatic hydroxyl groups excluding tert-OH is 1. The number of pyridine rings is 1. The highest BCUT2D eigenvalue weighted by atomic mass is 35.5. The number of nitriles is 1. The van der Waals surface area contributed by atoms with Gasteiger partial charge in [-0.2, -0.15) is 18.4 Å². The summed E-state index contributed by atoms with van der Waals surface area (Å²) in [5.74, 6) is -0.593. The second-order valence-corrected chi connectivity index (χ2v) is 10.3. The maximum absolute atomic E-state index is 14.5. The predicted octanol–water partition coefficient (Wildman–Crippen LogP) is 4.55. The second kappa shape index (κ2) is 13.0. The number of ether oxygens (including phenoxy) is 2. The minimum Gasteiger partial charge on any atom is -0.493 e. The van der Waals surface area contributed by atoms with E-state index in [1.807, 2.05) is 6.07 Å². The number of nitrogens with one attached hydrogen (secondary N) is 2. The number of aliphatic hydroxyl groups is 2. The quantitative estimate of drug-likeness (QED) is 0.234. The number of nitrogens with zero attached hydrogens (tertiary/aromatic N) is 2. The fourth-order valence-electron chi connectivity index (χ4n) is 3.81. The van der Waals surface area contributed by atoms with Crippen LogP contribution in [0.1, 0.15) is 48.0 Å². The first kappa shape index (κ1) is 32.6. The summed E-state index contributed by atoms with van der Waals surface area (Å²) >= 11 is 5.88. The lowest BCUT2D eigenvalue weighted by atomic mass is 9.89. The number of methoxy groups -OCH3 is 1. The van der Waals surface area contributed by atoms with Crippen molar-refractivity contribution >= 4 is 17.7 Å². The van der Waals surface area contributed by atoms with Gasteiger partial charge in [-0.05, 0) is 80.6 Å². The largest absolute Gasteiger partial charge is 0.493 e. The lowest BCUT2D eigenvalue weighted by molar-refractivity contribution is -0.265. The van der Waals surface area contributed by atoms with E-state index in [1.54, 1.807) is 13.8 Å². The summed E-state index contributed by atoms with van der Waals surface area (Å²) in [4.78, 5) is 19.6. The van der Waals surface area contributed by atoms with Crippen molar-refractivity contribution in [2.75, 3.05) is 20.3 Å². The van der Waals surface area contributed by atoms with Gasteiger partial charge in [0.1, 0.15) is 6.61 Å². The van der Waals surface area contributed by atoms with Crippen molar-refractivity contribution in [3.8, 4) is 28.8 Å². The van der Waals surface area contributed by atoms with Crippen molar-refractivity contribution < 1.29 is 37.7 Å². The Bertz CT molecular complexity index is 1460. The molecule has 0 fully saturated rings. The van der Waals surface area contributed by atoms with Crippen molar-refractivity contribution in [2.45, 2.75) is 44.2 Å². The SMILES string of the molecule is COc1cc(C(=O)NC[C@](O)(c2cc(C(C)(C)NCl)cc(-c3ccc(C#N)cc3)n2)C(F)(F)F)ccc1OC[C@@H](C)O. The number of carbonyl (C=O) groups is 1. The van der Waals surface area contributed by atoms with Crippen LogP contribution in [0.4, 0.5) is 13.2 Å². The van der Waals surface area contributed by atoms with Crippen LogP contribution < -0.4 is 19.6 Å². The van der Waals surface area contributed by atoms with Crippen LogP contribution in [-0.4, -0.2) is 53.6 Å². The van der Waals surface area contributed by atoms with E-state index >= 15 is 0 Å². The van der Waals surface area contributed by atoms with Gasteiger partial charge < -0.3 is 25.0 Å². The highest BCUT2D eigenvalue weighted by Gasteiger charge is 2.56. The van der Waals surface area contributed by atoms with Gasteiger partial charge in [0, 0.05) is 11.1 Å². The van der Waals surface area contributed by atoms with Crippen LogP contribution in [0.25, 0.3) is 11.3 Å². The number of carbonyl (C=O) groups excluding carboxylic acids is 1. The number of amides is 1. The third-order valence-electron chi connectivity index (χ3n) is 6.40. The maximum Gasteiger partial charge on any atom is 0.424 e. The molecular weight excluding hydrogens is 577 g/mol. The normalized spacial score (nSPS) is 13.9. The van der Waals surface area contributed by atoms with Gasteiger partial charge in [0.15, 0.2) is 11.5 Å². The van der Waals surface area contributed by atoms with Crippen LogP contribution in [-0.2, 0) is 11.1 Å². The summed E-state index contributed by atoms with van der Waals surface area (Å²) in [5, 5.41) is 31.8. The third kappa shape index (κ3) is 7.30. The molecule has 0 saturated heterocycles. The molecule has 0 bridgehead atoms. The molecule has 1 amide bonds. The Morgan fingerprint density at radius 3 is 2.33 bits per heavy atom. The Hall–Kier alpha value is -3.89. The maximum atomic E-state index is 14.5. The van der Waals surface area contributed by atoms with E-state index in [0.29, 0.717) is 11.1 Å². The summed E-state index contributed by atoms with van der Waals surface area (Å²) in [6.07, 6.45) is -6.03. The summed E-state index contributed by atoms with van der Waals surface area (Å²) in [5.41, 5.74) is -4.41. The molecule has 0 aliphatic heterocycles. The monoisotopic (exact) mass is 606 g/mol. The van der Waals surface area contributed by atoms with Crippen molar-refractivity contribution in [3.63, 3.8) is 0 Å². The van der Waals surface area contributed by atoms with Crippen molar-refractivity contribution in [1.82, 2.24) is 15.1 Å². The molecule has 42 heavy (non-hydrogen) atoms. The van der Waals surface area contributed by atoms with Gasteiger partial charge in [0.25, 0.3) is 5.91 Å². The second-order valence-electron chi connectivity index (χ2n) is 10.1. The highest BCUT2D eigenvalue weighted by Crippen LogP contribution is 2.40. The fourth-order valence-corrected chi connectivity index (χ4v) is 3.92. The molecule has 2 aromatic carbocycles. The van der Waals surface area contributed by atoms with E-state index in [4.69, 9.17) is 26.5 Å². The zero-order valence-corrected chi connectivity index (χ0v) is 24.0. The topological polar surface area (TPSA) is 137 Å². The average molecular weight is 607 g/mol. The van der Waals surface area contributed by atoms with Crippen LogP contribution in [0, 0.1) is 11.3 Å². The number of halogens is 4. The molecule has 3 rings (SSSR count). The van der Waals surface area contributed by atoms with E-state index < -0.39 is 41.6 Å². The summed E-state index contributed by atoms with van der Waals surface area (Å²) in [6.45, 7) is 3.44. The van der Waals surface area contributed by atoms with E-state index in [2.05, 4.69) is 15.1 Å². The molecular formula is C29H30ClF3N4O5. The number of rotatable bonds is 11. The summed E-state index contributed by atoms with van der Waals surface area (Å²) in [6, 6.07) is 14.5. The fraction of sp³-hybridized carbons (Fsp3) is 0.345. The van der Waals surface area contributed by atoms with Crippen LogP contribution >= 0.6 is 11.8 Å². The number of aromatic nitrogens is 1. The summed E-state index contributed by atoms with van der Waals surface area (Å²) in [7, 11) is 1.32. The minimum atomic E-state index is -5.26. The average Bonchev–Trinajstić information content (AvgIpc) is 2.97. The molecule has 3 aromatic rings. The van der Waals surface area contributed by atoms with Gasteiger partial charge in [-0.3, -0.25) is 4.79 Å². The van der Waals surface area contributed by atoms with Crippen LogP contribution in [0.15, 0.2) is 54.6 Å². The molecule has 13 heteroatoms. The molecule has 0 saturated carbocycles. The first-order valence-corrected chi connectivity index (χ1v) is 13.0. The predicted molar refractivity (Wildman–Crippen MR) is 149 cm³/mol. The van der Waals surface area contributed by atoms with Gasteiger partial charge in [0.2, 0.25) is 5.60 Å². The zero-order valence-electron chi connectivity index (χ0n) is 23.2. The van der Waals surface area contributed by atoms with Crippen LogP contribution in [0.5, 0.6) is 11.5 Å². The molecule has 1 heterocycles. The standard InChI is InChI=1S/C29H30ClF3N4O5/c1-17(38)15-42-23-10-9-20(11-24(23)41-4)26(39)35-16-28(40,29(31,32)33)25-13-21(27(2,3)37-30)12-22(36-25)19-7-5-18(14-34)6-8-19/h5-13,17,37-38,40H,15-16H2,1-4H3,(H,35,39)/t17-,28+/m1/s1. The Labute approximate surface area is 246 Å². The van der Waals surface area contributed by atoms with Crippen molar-refractivity contribution in [3.05, 3.63) is 77.0 Å². The van der Waals surface area contributed by atoms with Crippen molar-refractivity contribution in [1.29, 1.82) is 5.26 Å². The molecule has 0 spiro atoms. The molecule has 0 unspecified atom stereocenters. The highest BCUT2D eigenvalue weighted by molar-refractivity contribution is 6.13. The lowest BCUT2D eigenvalue weighted by Gasteiger charge is -2.32. The molecule has 0 aliphatic carbocycles.